The molecular formula is C24H47NO4. The van der Waals surface area contributed by atoms with Gasteiger partial charge in [0.05, 0.1) is 20.5 Å². The third kappa shape index (κ3) is 21.3. The Kier molecular flexibility index (Phi) is 20.8. The molecule has 0 heterocycles. The lowest BCUT2D eigenvalue weighted by Crippen LogP contribution is -2.51. The number of nitrogens with zero attached hydrogens (tertiary/aromatic N) is 1. The molecule has 0 aromatic rings. The van der Waals surface area contributed by atoms with E-state index < -0.39 is 12.2 Å². The lowest BCUT2D eigenvalue weighted by atomic mass is 10.1. The van der Waals surface area contributed by atoms with Crippen molar-refractivity contribution >= 4 is 11.9 Å². The zero-order chi connectivity index (χ0) is 22.5. The second-order valence-electron chi connectivity index (χ2n) is 8.39. The van der Waals surface area contributed by atoms with Crippen molar-refractivity contribution in [3.8, 4) is 0 Å². The molecular weight excluding hydrogens is 366 g/mol. The standard InChI is InChI=1S/C22H44NO2.C2H4O2/c1-5-6-7-8-9-10-11-12-13-14-15-16-17-18-19-20-22(25)23(3,4)21(2)24;1-2(3)4/h12-13,21,24H,5-11,14-20H2,1-4H3;1H3,(H,3,4)/q+1;/p-1/b13-12-;. The topological polar surface area (TPSA) is 77.4 Å². The summed E-state index contributed by atoms with van der Waals surface area (Å²) >= 11 is 0. The highest BCUT2D eigenvalue weighted by molar-refractivity contribution is 5.68. The largest absolute Gasteiger partial charge is 0.550 e. The maximum absolute atomic E-state index is 12.0. The Hall–Kier alpha value is -1.20. The Labute approximate surface area is 179 Å². The van der Waals surface area contributed by atoms with Crippen LogP contribution in [0.4, 0.5) is 0 Å². The third-order valence-corrected chi connectivity index (χ3v) is 5.23. The first-order valence-corrected chi connectivity index (χ1v) is 11.5. The molecule has 0 saturated carbocycles. The lowest BCUT2D eigenvalue weighted by Gasteiger charge is -2.29. The molecule has 1 N–H and O–H groups in total. The Morgan fingerprint density at radius 3 is 1.66 bits per heavy atom. The van der Waals surface area contributed by atoms with Crippen LogP contribution in [0.25, 0.3) is 0 Å². The van der Waals surface area contributed by atoms with Gasteiger partial charge in [-0.3, -0.25) is 0 Å². The van der Waals surface area contributed by atoms with E-state index in [1.165, 1.54) is 70.6 Å². The minimum atomic E-state index is -1.08. The second kappa shape index (κ2) is 20.1. The molecule has 1 atom stereocenters. The van der Waals surface area contributed by atoms with Gasteiger partial charge in [0.15, 0.2) is 6.23 Å². The summed E-state index contributed by atoms with van der Waals surface area (Å²) in [4.78, 5) is 20.9. The number of unbranched alkanes of at least 4 members (excludes halogenated alkanes) is 11. The molecule has 0 saturated heterocycles. The molecule has 0 aliphatic rings. The molecule has 0 aliphatic carbocycles. The summed E-state index contributed by atoms with van der Waals surface area (Å²) in [7, 11) is 3.56. The van der Waals surface area contributed by atoms with Crippen LogP contribution in [0.1, 0.15) is 111 Å². The summed E-state index contributed by atoms with van der Waals surface area (Å²) < 4.78 is 0.0728. The monoisotopic (exact) mass is 413 g/mol. The number of quaternary nitrogens is 1. The third-order valence-electron chi connectivity index (χ3n) is 5.23. The maximum Gasteiger partial charge on any atom is 0.315 e. The van der Waals surface area contributed by atoms with Crippen molar-refractivity contribution in [2.75, 3.05) is 14.1 Å². The number of allylic oxidation sites excluding steroid dienone is 2. The molecule has 1 unspecified atom stereocenters. The van der Waals surface area contributed by atoms with Gasteiger partial charge in [0.25, 0.3) is 0 Å². The quantitative estimate of drug-likeness (QED) is 0.172. The number of carboxylic acids is 1. The molecule has 5 nitrogen and oxygen atoms in total. The molecule has 0 bridgehead atoms. The Morgan fingerprint density at radius 1 is 0.862 bits per heavy atom. The fourth-order valence-corrected chi connectivity index (χ4v) is 2.84. The van der Waals surface area contributed by atoms with Gasteiger partial charge in [0, 0.05) is 12.9 Å². The van der Waals surface area contributed by atoms with Crippen LogP contribution in [-0.4, -0.2) is 41.8 Å². The van der Waals surface area contributed by atoms with Crippen LogP contribution in [0.3, 0.4) is 0 Å². The van der Waals surface area contributed by atoms with Crippen LogP contribution >= 0.6 is 0 Å². The average Bonchev–Trinajstić information content (AvgIpc) is 2.64. The Morgan fingerprint density at radius 2 is 1.24 bits per heavy atom. The number of carbonyl (C=O) groups is 2. The highest BCUT2D eigenvalue weighted by atomic mass is 16.4. The van der Waals surface area contributed by atoms with Crippen LogP contribution in [0.15, 0.2) is 12.2 Å². The molecule has 29 heavy (non-hydrogen) atoms. The molecule has 1 amide bonds. The predicted molar refractivity (Wildman–Crippen MR) is 119 cm³/mol. The smallest absolute Gasteiger partial charge is 0.315 e. The number of hydrogen-bond acceptors (Lipinski definition) is 4. The second-order valence-corrected chi connectivity index (χ2v) is 8.39. The van der Waals surface area contributed by atoms with Gasteiger partial charge in [-0.1, -0.05) is 70.4 Å². The van der Waals surface area contributed by atoms with Crippen LogP contribution in [-0.2, 0) is 9.59 Å². The fourth-order valence-electron chi connectivity index (χ4n) is 2.84. The summed E-state index contributed by atoms with van der Waals surface area (Å²) in [5.41, 5.74) is 0. The van der Waals surface area contributed by atoms with E-state index in [1.54, 1.807) is 21.0 Å². The summed E-state index contributed by atoms with van der Waals surface area (Å²) in [6.07, 6.45) is 21.1. The SMILES string of the molecule is CC(=O)[O-].CCCCCCCC/C=C\CCCCCCCC(=O)[N+](C)(C)C(C)O. The van der Waals surface area contributed by atoms with Gasteiger partial charge in [-0.25, -0.2) is 9.28 Å². The van der Waals surface area contributed by atoms with E-state index in [-0.39, 0.29) is 10.4 Å². The van der Waals surface area contributed by atoms with E-state index in [9.17, 15) is 9.90 Å². The number of aliphatic carboxylic acids is 1. The van der Waals surface area contributed by atoms with Crippen LogP contribution in [0.2, 0.25) is 0 Å². The molecule has 0 spiro atoms. The van der Waals surface area contributed by atoms with Crippen molar-refractivity contribution in [2.24, 2.45) is 0 Å². The van der Waals surface area contributed by atoms with Crippen molar-refractivity contribution in [3.05, 3.63) is 12.2 Å². The van der Waals surface area contributed by atoms with Gasteiger partial charge >= 0.3 is 5.91 Å². The number of amides is 1. The number of carboxylic acid groups (broad SMARTS) is 1. The average molecular weight is 414 g/mol. The first-order valence-electron chi connectivity index (χ1n) is 11.5. The van der Waals surface area contributed by atoms with Gasteiger partial charge in [-0.2, -0.15) is 0 Å². The minimum Gasteiger partial charge on any atom is -0.550 e. The molecule has 0 fully saturated rings. The molecule has 5 heteroatoms. The van der Waals surface area contributed by atoms with E-state index in [4.69, 9.17) is 9.90 Å². The van der Waals surface area contributed by atoms with E-state index in [0.717, 1.165) is 19.8 Å². The summed E-state index contributed by atoms with van der Waals surface area (Å²) in [5.74, 6) is -0.951. The van der Waals surface area contributed by atoms with E-state index in [0.29, 0.717) is 6.42 Å². The molecule has 0 rings (SSSR count). The van der Waals surface area contributed by atoms with Gasteiger partial charge in [-0.05, 0) is 39.0 Å². The number of aliphatic hydroxyl groups is 1. The first kappa shape index (κ1) is 30.0. The molecule has 0 aromatic carbocycles. The van der Waals surface area contributed by atoms with Crippen molar-refractivity contribution in [1.82, 2.24) is 0 Å². The fraction of sp³-hybridized carbons (Fsp3) is 0.833. The molecule has 172 valence electrons. The Balaban J connectivity index is 0. The van der Waals surface area contributed by atoms with Crippen LogP contribution in [0.5, 0.6) is 0 Å². The summed E-state index contributed by atoms with van der Waals surface area (Å²) in [6.45, 7) is 4.91. The van der Waals surface area contributed by atoms with E-state index in [1.807, 2.05) is 0 Å². The zero-order valence-electron chi connectivity index (χ0n) is 19.8. The zero-order valence-corrected chi connectivity index (χ0v) is 19.8. The minimum absolute atomic E-state index is 0.0728. The molecule has 0 aromatic heterocycles. The number of hydrogen-bond donors (Lipinski definition) is 1. The van der Waals surface area contributed by atoms with Gasteiger partial charge in [0.2, 0.25) is 0 Å². The van der Waals surface area contributed by atoms with Crippen molar-refractivity contribution < 1.29 is 24.3 Å². The van der Waals surface area contributed by atoms with Crippen molar-refractivity contribution in [2.45, 2.75) is 117 Å². The number of aliphatic hydroxyl groups excluding tert-OH is 1. The van der Waals surface area contributed by atoms with E-state index in [2.05, 4.69) is 19.1 Å². The van der Waals surface area contributed by atoms with Gasteiger partial charge in [0.1, 0.15) is 0 Å². The van der Waals surface area contributed by atoms with Crippen molar-refractivity contribution in [1.29, 1.82) is 0 Å². The normalized spacial score (nSPS) is 12.5. The van der Waals surface area contributed by atoms with E-state index >= 15 is 0 Å². The Bertz CT molecular complexity index is 427. The summed E-state index contributed by atoms with van der Waals surface area (Å²) in [6, 6.07) is 0. The van der Waals surface area contributed by atoms with Crippen LogP contribution in [0, 0.1) is 0 Å². The highest BCUT2D eigenvalue weighted by Gasteiger charge is 2.30. The lowest BCUT2D eigenvalue weighted by molar-refractivity contribution is -0.863. The van der Waals surface area contributed by atoms with Gasteiger partial charge in [-0.15, -0.1) is 0 Å². The van der Waals surface area contributed by atoms with Crippen LogP contribution < -0.4 is 5.11 Å². The molecule has 0 radical (unpaired) electrons. The number of rotatable bonds is 16. The predicted octanol–water partition coefficient (Wildman–Crippen LogP) is 4.72. The summed E-state index contributed by atoms with van der Waals surface area (Å²) in [5, 5.41) is 18.5. The van der Waals surface area contributed by atoms with Gasteiger partial charge < -0.3 is 15.0 Å². The molecule has 0 aliphatic heterocycles. The maximum atomic E-state index is 12.0. The number of carbonyl (C=O) groups excluding carboxylic acids is 2. The first-order chi connectivity index (χ1) is 13.7. The van der Waals surface area contributed by atoms with Crippen molar-refractivity contribution in [3.63, 3.8) is 0 Å². The highest BCUT2D eigenvalue weighted by Crippen LogP contribution is 2.13.